The van der Waals surface area contributed by atoms with Gasteiger partial charge in [0, 0.05) is 86.7 Å². The minimum absolute atomic E-state index is 0.0351. The van der Waals surface area contributed by atoms with Crippen LogP contribution in [0.3, 0.4) is 0 Å². The van der Waals surface area contributed by atoms with Gasteiger partial charge in [-0.2, -0.15) is 0 Å². The topological polar surface area (TPSA) is 245 Å². The van der Waals surface area contributed by atoms with Crippen molar-refractivity contribution >= 4 is 41.0 Å². The van der Waals surface area contributed by atoms with Crippen LogP contribution in [0.15, 0.2) is 18.2 Å². The van der Waals surface area contributed by atoms with Crippen molar-refractivity contribution in [2.24, 2.45) is 11.8 Å². The average Bonchev–Trinajstić information content (AvgIpc) is 3.84. The van der Waals surface area contributed by atoms with E-state index in [0.29, 0.717) is 13.2 Å². The van der Waals surface area contributed by atoms with Gasteiger partial charge in [0.05, 0.1) is 42.6 Å². The van der Waals surface area contributed by atoms with E-state index in [4.69, 9.17) is 28.4 Å². The summed E-state index contributed by atoms with van der Waals surface area (Å²) in [7, 11) is 2.84. The van der Waals surface area contributed by atoms with Crippen molar-refractivity contribution in [3.05, 3.63) is 51.6 Å². The summed E-state index contributed by atoms with van der Waals surface area (Å²) in [6, 6.07) is 4.12. The molecule has 5 heterocycles. The van der Waals surface area contributed by atoms with Crippen molar-refractivity contribution in [1.29, 1.82) is 0 Å². The van der Waals surface area contributed by atoms with E-state index in [9.17, 15) is 48.9 Å². The maximum atomic E-state index is 14.3. The van der Waals surface area contributed by atoms with Crippen LogP contribution < -0.4 is 4.74 Å². The summed E-state index contributed by atoms with van der Waals surface area (Å²) in [5, 5.41) is 36.4. The van der Waals surface area contributed by atoms with Crippen LogP contribution in [0.25, 0.3) is 0 Å². The Kier molecular flexibility index (Phi) is 10.6. The maximum Gasteiger partial charge on any atom is 0.234 e. The third kappa shape index (κ3) is 6.55. The van der Waals surface area contributed by atoms with Gasteiger partial charge in [0.2, 0.25) is 29.4 Å². The number of imide groups is 2. The number of phenols is 2. The minimum Gasteiger partial charge on any atom is -0.507 e. The molecule has 62 heavy (non-hydrogen) atoms. The molecule has 7 aliphatic rings. The van der Waals surface area contributed by atoms with Crippen LogP contribution in [0.4, 0.5) is 0 Å². The molecule has 5 aliphatic heterocycles. The Morgan fingerprint density at radius 3 is 2.35 bits per heavy atom. The number of fused-ring (bicyclic) bond motifs is 6. The van der Waals surface area contributed by atoms with E-state index in [1.165, 1.54) is 32.4 Å². The van der Waals surface area contributed by atoms with Crippen LogP contribution in [0.2, 0.25) is 0 Å². The lowest BCUT2D eigenvalue weighted by atomic mass is 9.71. The van der Waals surface area contributed by atoms with Gasteiger partial charge in [0.25, 0.3) is 0 Å². The number of aromatic hydroxyl groups is 2. The Morgan fingerprint density at radius 1 is 0.919 bits per heavy atom. The van der Waals surface area contributed by atoms with Gasteiger partial charge in [-0.15, -0.1) is 0 Å². The van der Waals surface area contributed by atoms with Gasteiger partial charge < -0.3 is 43.7 Å². The van der Waals surface area contributed by atoms with E-state index in [1.54, 1.807) is 13.8 Å². The molecule has 19 nitrogen and oxygen atoms in total. The van der Waals surface area contributed by atoms with E-state index >= 15 is 0 Å². The highest BCUT2D eigenvalue weighted by molar-refractivity contribution is 6.31. The second-order valence-electron chi connectivity index (χ2n) is 17.1. The Morgan fingerprint density at radius 2 is 1.65 bits per heavy atom. The zero-order chi connectivity index (χ0) is 44.1. The van der Waals surface area contributed by atoms with Gasteiger partial charge >= 0.3 is 0 Å². The fraction of sp³-hybridized carbons (Fsp3) is 0.558. The Balaban J connectivity index is 1.02. The van der Waals surface area contributed by atoms with Gasteiger partial charge in [-0.3, -0.25) is 48.3 Å². The molecule has 2 unspecified atom stereocenters. The first kappa shape index (κ1) is 42.2. The number of benzene rings is 2. The number of ether oxygens (including phenoxy) is 6. The zero-order valence-electron chi connectivity index (χ0n) is 34.5. The molecule has 2 aromatic rings. The summed E-state index contributed by atoms with van der Waals surface area (Å²) in [4.78, 5) is 97.7. The van der Waals surface area contributed by atoms with E-state index in [-0.39, 0.29) is 59.7 Å². The number of rotatable bonds is 10. The van der Waals surface area contributed by atoms with Gasteiger partial charge in [-0.1, -0.05) is 19.1 Å². The molecule has 5 saturated heterocycles. The summed E-state index contributed by atoms with van der Waals surface area (Å²) >= 11 is 0. The van der Waals surface area contributed by atoms with Gasteiger partial charge in [-0.25, -0.2) is 0 Å². The van der Waals surface area contributed by atoms with Crippen molar-refractivity contribution in [1.82, 2.24) is 14.7 Å². The van der Waals surface area contributed by atoms with Gasteiger partial charge in [0.15, 0.2) is 30.4 Å². The lowest BCUT2D eigenvalue weighted by Gasteiger charge is -2.43. The molecular weight excluding hydrogens is 814 g/mol. The Hall–Kier alpha value is -5.15. The van der Waals surface area contributed by atoms with Crippen LogP contribution >= 0.6 is 0 Å². The number of morpholine rings is 1. The molecule has 0 bridgehead atoms. The number of amides is 4. The average molecular weight is 862 g/mol. The second-order valence-corrected chi connectivity index (χ2v) is 17.1. The quantitative estimate of drug-likeness (QED) is 0.192. The van der Waals surface area contributed by atoms with Crippen LogP contribution in [-0.4, -0.2) is 148 Å². The van der Waals surface area contributed by atoms with Crippen molar-refractivity contribution < 1.29 is 77.3 Å². The second kappa shape index (κ2) is 15.6. The molecule has 10 atom stereocenters. The lowest BCUT2D eigenvalue weighted by Crippen LogP contribution is -2.55. The number of aliphatic hydroxyl groups is 1. The van der Waals surface area contributed by atoms with E-state index in [2.05, 4.69) is 4.90 Å². The Labute approximate surface area is 354 Å². The smallest absolute Gasteiger partial charge is 0.234 e. The predicted octanol–water partition coefficient (Wildman–Crippen LogP) is 1.23. The molecule has 0 aromatic heterocycles. The number of likely N-dealkylation sites (tertiary alicyclic amines) is 2. The summed E-state index contributed by atoms with van der Waals surface area (Å²) in [5.74, 6) is -7.56. The van der Waals surface area contributed by atoms with Gasteiger partial charge in [-0.05, 0) is 19.4 Å². The van der Waals surface area contributed by atoms with Crippen LogP contribution in [0.5, 0.6) is 17.2 Å². The first-order valence-corrected chi connectivity index (χ1v) is 20.7. The minimum atomic E-state index is -2.32. The number of carbonyl (C=O) groups is 7. The summed E-state index contributed by atoms with van der Waals surface area (Å²) in [6.07, 6.45) is -6.37. The zero-order valence-corrected chi connectivity index (χ0v) is 34.5. The SMILES string of the molecule is COc1cccc2c1C(=O)c1c(O)c3c(c(O)c1C2=O)C[C@@](O)(C(=O)CCC1CC(=O)N(CN2C(=O)CC(C)C2=O)C1=O)C[C@@H]3O[C@H]1C[C@H]2[C@H](O[C@@H]3[C@@H](OC)OCCN32)[C@H](C)O1. The number of Topliss-reactive ketones (excluding diaryl/α,β-unsaturated/α-hetero) is 1. The number of nitrogens with zero attached hydrogens (tertiary/aromatic N) is 3. The number of phenolic OH excluding ortho intramolecular Hbond substituents is 2. The number of ketones is 3. The van der Waals surface area contributed by atoms with Crippen molar-refractivity contribution in [2.45, 2.75) is 108 Å². The number of hydrogen-bond acceptors (Lipinski definition) is 17. The van der Waals surface area contributed by atoms with Crippen LogP contribution in [0, 0.1) is 11.8 Å². The fourth-order valence-corrected chi connectivity index (χ4v) is 10.3. The number of methoxy groups -OCH3 is 2. The van der Waals surface area contributed by atoms with E-state index in [1.807, 2.05) is 0 Å². The molecule has 0 radical (unpaired) electrons. The summed E-state index contributed by atoms with van der Waals surface area (Å²) < 4.78 is 35.9. The molecule has 9 rings (SSSR count). The third-order valence-electron chi connectivity index (χ3n) is 13.5. The molecule has 19 heteroatoms. The highest BCUT2D eigenvalue weighted by Gasteiger charge is 2.55. The highest BCUT2D eigenvalue weighted by Crippen LogP contribution is 2.53. The number of carbonyl (C=O) groups excluding carboxylic acids is 7. The monoisotopic (exact) mass is 861 g/mol. The molecule has 2 aliphatic carbocycles. The van der Waals surface area contributed by atoms with Crippen molar-refractivity contribution in [2.75, 3.05) is 34.0 Å². The molecule has 4 amide bonds. The molecule has 5 fully saturated rings. The van der Waals surface area contributed by atoms with Crippen LogP contribution in [-0.2, 0) is 54.1 Å². The summed E-state index contributed by atoms with van der Waals surface area (Å²) in [6.45, 7) is 3.75. The summed E-state index contributed by atoms with van der Waals surface area (Å²) in [5.41, 5.74) is -3.83. The van der Waals surface area contributed by atoms with E-state index < -0.39 is 144 Å². The first-order chi connectivity index (χ1) is 29.6. The molecular formula is C43H47N3O16. The Bertz CT molecular complexity index is 2310. The van der Waals surface area contributed by atoms with Crippen LogP contribution in [0.1, 0.15) is 101 Å². The van der Waals surface area contributed by atoms with E-state index in [0.717, 1.165) is 9.80 Å². The van der Waals surface area contributed by atoms with Crippen molar-refractivity contribution in [3.63, 3.8) is 0 Å². The molecule has 2 aromatic carbocycles. The molecule has 0 saturated carbocycles. The van der Waals surface area contributed by atoms with Crippen molar-refractivity contribution in [3.8, 4) is 17.2 Å². The molecule has 3 N–H and O–H groups in total. The predicted molar refractivity (Wildman–Crippen MR) is 206 cm³/mol. The fourth-order valence-electron chi connectivity index (χ4n) is 10.3. The highest BCUT2D eigenvalue weighted by atomic mass is 16.7. The standard InChI is InChI=1S/C43H47N3O16/c1-18-12-27(48)45(39(18)54)17-46-28(49)13-20(40(46)55)8-9-26(47)43(56)15-22-31(37(53)33-32(35(22)51)34(50)21-6-5-7-24(57-3)30(21)36(33)52)25(16-43)61-29-14-23-38(19(2)60-29)62-41-42(58-4)59-11-10-44(23)41/h5-7,18-20,23,25,29,38,41-42,51,53,56H,8-17H2,1-4H3/t18?,19-,20?,23-,25-,29-,38+,41+,42-,43-/m0/s1. The number of hydrogen-bond donors (Lipinski definition) is 3. The first-order valence-electron chi connectivity index (χ1n) is 20.7. The molecule has 0 spiro atoms. The van der Waals surface area contributed by atoms with Gasteiger partial charge in [0.1, 0.15) is 35.6 Å². The normalized spacial score (nSPS) is 33.1. The largest absolute Gasteiger partial charge is 0.507 e. The third-order valence-corrected chi connectivity index (χ3v) is 13.5. The lowest BCUT2D eigenvalue weighted by molar-refractivity contribution is -0.256. The maximum absolute atomic E-state index is 14.3. The molecule has 330 valence electrons.